The highest BCUT2D eigenvalue weighted by Crippen LogP contribution is 2.19. The summed E-state index contributed by atoms with van der Waals surface area (Å²) in [6, 6.07) is 5.24. The molecule has 0 bridgehead atoms. The maximum atomic E-state index is 11.3. The van der Waals surface area contributed by atoms with Crippen molar-refractivity contribution in [2.45, 2.75) is 9.06 Å². The average Bonchev–Trinajstić information content (AvgIpc) is 2.16. The van der Waals surface area contributed by atoms with E-state index >= 15 is 0 Å². The number of nitrogens with zero attached hydrogens (tertiary/aromatic N) is 1. The molecule has 4 nitrogen and oxygen atoms in total. The van der Waals surface area contributed by atoms with E-state index in [1.807, 2.05) is 0 Å². The van der Waals surface area contributed by atoms with Crippen molar-refractivity contribution in [2.24, 2.45) is 0 Å². The average molecular weight is 254 g/mol. The quantitative estimate of drug-likeness (QED) is 0.473. The number of nitro benzene ring substituents is 1. The monoisotopic (exact) mass is 253 g/mol. The zero-order chi connectivity index (χ0) is 10.7. The first-order chi connectivity index (χ1) is 6.52. The third-order valence-corrected chi connectivity index (χ3v) is 3.47. The molecule has 1 aromatic carbocycles. The van der Waals surface area contributed by atoms with Crippen molar-refractivity contribution in [1.29, 1.82) is 0 Å². The van der Waals surface area contributed by atoms with E-state index in [1.165, 1.54) is 24.3 Å². The highest BCUT2D eigenvalue weighted by atomic mass is 35.5. The molecule has 1 unspecified atom stereocenters. The molecule has 0 aromatic heterocycles. The van der Waals surface area contributed by atoms with Crippen molar-refractivity contribution >= 4 is 39.7 Å². The van der Waals surface area contributed by atoms with Crippen LogP contribution in [0.4, 0.5) is 5.69 Å². The summed E-state index contributed by atoms with van der Waals surface area (Å²) in [5.41, 5.74) is -0.0635. The number of non-ortho nitro benzene ring substituents is 1. The number of halogens is 2. The highest BCUT2D eigenvalue weighted by Gasteiger charge is 2.13. The number of nitro groups is 1. The van der Waals surface area contributed by atoms with Crippen LogP contribution >= 0.6 is 23.2 Å². The second-order valence-corrected chi connectivity index (χ2v) is 5.46. The number of hydrogen-bond donors (Lipinski definition) is 0. The Balaban J connectivity index is 2.94. The van der Waals surface area contributed by atoms with Gasteiger partial charge >= 0.3 is 0 Å². The summed E-state index contributed by atoms with van der Waals surface area (Å²) < 4.78 is 10.3. The molecule has 0 N–H and O–H groups in total. The number of rotatable bonds is 3. The summed E-state index contributed by atoms with van der Waals surface area (Å²) in [5, 5.41) is 10.3. The lowest BCUT2D eigenvalue weighted by Crippen LogP contribution is -2.00. The topological polar surface area (TPSA) is 60.2 Å². The number of alkyl halides is 2. The zero-order valence-electron chi connectivity index (χ0n) is 6.72. The van der Waals surface area contributed by atoms with E-state index in [-0.39, 0.29) is 5.69 Å². The summed E-state index contributed by atoms with van der Waals surface area (Å²) in [6.07, 6.45) is 0. The van der Waals surface area contributed by atoms with Crippen molar-refractivity contribution < 1.29 is 9.13 Å². The maximum Gasteiger partial charge on any atom is 0.269 e. The third-order valence-electron chi connectivity index (χ3n) is 1.44. The Morgan fingerprint density at radius 3 is 2.14 bits per heavy atom. The Hall–Kier alpha value is -0.650. The molecule has 0 aliphatic rings. The minimum Gasteiger partial charge on any atom is -0.258 e. The molecule has 0 saturated carbocycles. The highest BCUT2D eigenvalue weighted by molar-refractivity contribution is 7.88. The van der Waals surface area contributed by atoms with Gasteiger partial charge in [-0.2, -0.15) is 0 Å². The minimum atomic E-state index is -1.55. The van der Waals surface area contributed by atoms with Gasteiger partial charge < -0.3 is 0 Å². The third kappa shape index (κ3) is 2.67. The SMILES string of the molecule is O=[N+]([O-])c1ccc(S(=O)C(Cl)Cl)cc1. The summed E-state index contributed by atoms with van der Waals surface area (Å²) in [4.78, 5) is 10.1. The molecular weight excluding hydrogens is 249 g/mol. The predicted octanol–water partition coefficient (Wildman–Crippen LogP) is 2.46. The smallest absolute Gasteiger partial charge is 0.258 e. The Labute approximate surface area is 92.4 Å². The lowest BCUT2D eigenvalue weighted by molar-refractivity contribution is -0.384. The summed E-state index contributed by atoms with van der Waals surface area (Å²) >= 11 is 10.8. The van der Waals surface area contributed by atoms with Gasteiger partial charge in [-0.25, -0.2) is 0 Å². The van der Waals surface area contributed by atoms with Gasteiger partial charge in [0.2, 0.25) is 0 Å². The van der Waals surface area contributed by atoms with E-state index in [9.17, 15) is 14.3 Å². The summed E-state index contributed by atoms with van der Waals surface area (Å²) in [7, 11) is -1.55. The van der Waals surface area contributed by atoms with Crippen LogP contribution < -0.4 is 0 Å². The molecular formula is C7H5Cl2NO3S. The molecule has 1 rings (SSSR count). The zero-order valence-corrected chi connectivity index (χ0v) is 9.05. The molecule has 0 aliphatic heterocycles. The van der Waals surface area contributed by atoms with E-state index in [0.717, 1.165) is 0 Å². The van der Waals surface area contributed by atoms with Crippen LogP contribution in [0.15, 0.2) is 29.2 Å². The first-order valence-corrected chi connectivity index (χ1v) is 5.54. The molecule has 0 fully saturated rings. The molecule has 1 atom stereocenters. The van der Waals surface area contributed by atoms with Gasteiger partial charge in [0.05, 0.1) is 15.7 Å². The van der Waals surface area contributed by atoms with E-state index in [0.29, 0.717) is 4.90 Å². The number of benzene rings is 1. The van der Waals surface area contributed by atoms with Gasteiger partial charge in [0.1, 0.15) is 0 Å². The van der Waals surface area contributed by atoms with Gasteiger partial charge in [0.15, 0.2) is 4.17 Å². The first kappa shape index (κ1) is 11.4. The molecule has 1 aromatic rings. The van der Waals surface area contributed by atoms with E-state index in [4.69, 9.17) is 23.2 Å². The van der Waals surface area contributed by atoms with Gasteiger partial charge in [0, 0.05) is 17.0 Å². The fourth-order valence-corrected chi connectivity index (χ4v) is 2.03. The van der Waals surface area contributed by atoms with Crippen molar-refractivity contribution in [3.63, 3.8) is 0 Å². The molecule has 7 heteroatoms. The van der Waals surface area contributed by atoms with Gasteiger partial charge in [-0.15, -0.1) is 0 Å². The second kappa shape index (κ2) is 4.72. The molecule has 76 valence electrons. The summed E-state index contributed by atoms with van der Waals surface area (Å²) in [5.74, 6) is 0. The van der Waals surface area contributed by atoms with E-state index in [2.05, 4.69) is 0 Å². The van der Waals surface area contributed by atoms with Gasteiger partial charge in [-0.1, -0.05) is 23.2 Å². The molecule has 0 radical (unpaired) electrons. The van der Waals surface area contributed by atoms with Crippen LogP contribution in [0, 0.1) is 10.1 Å². The van der Waals surface area contributed by atoms with Crippen molar-refractivity contribution in [3.8, 4) is 0 Å². The van der Waals surface area contributed by atoms with Crippen LogP contribution in [0.1, 0.15) is 0 Å². The number of hydrogen-bond acceptors (Lipinski definition) is 3. The molecule has 0 amide bonds. The van der Waals surface area contributed by atoms with Gasteiger partial charge in [0.25, 0.3) is 5.69 Å². The fourth-order valence-electron chi connectivity index (χ4n) is 0.805. The normalized spacial score (nSPS) is 12.8. The molecule has 0 heterocycles. The van der Waals surface area contributed by atoms with Gasteiger partial charge in [-0.05, 0) is 12.1 Å². The van der Waals surface area contributed by atoms with E-state index < -0.39 is 19.9 Å². The second-order valence-electron chi connectivity index (χ2n) is 2.31. The lowest BCUT2D eigenvalue weighted by Gasteiger charge is -2.00. The predicted molar refractivity (Wildman–Crippen MR) is 55.0 cm³/mol. The van der Waals surface area contributed by atoms with Crippen LogP contribution in [-0.2, 0) is 10.8 Å². The van der Waals surface area contributed by atoms with Crippen LogP contribution in [0.5, 0.6) is 0 Å². The van der Waals surface area contributed by atoms with Crippen LogP contribution in [0.2, 0.25) is 0 Å². The van der Waals surface area contributed by atoms with Crippen LogP contribution in [0.25, 0.3) is 0 Å². The Bertz CT molecular complexity index is 366. The molecule has 0 saturated heterocycles. The Kier molecular flexibility index (Phi) is 3.86. The lowest BCUT2D eigenvalue weighted by atomic mass is 10.3. The first-order valence-electron chi connectivity index (χ1n) is 3.45. The molecule has 0 spiro atoms. The Morgan fingerprint density at radius 1 is 1.29 bits per heavy atom. The molecule has 14 heavy (non-hydrogen) atoms. The van der Waals surface area contributed by atoms with Crippen LogP contribution in [-0.4, -0.2) is 13.3 Å². The standard InChI is InChI=1S/C7H5Cl2NO3S/c8-7(9)14(13)6-3-1-5(2-4-6)10(11)12/h1-4,7H. The molecule has 0 aliphatic carbocycles. The van der Waals surface area contributed by atoms with Gasteiger partial charge in [-0.3, -0.25) is 14.3 Å². The van der Waals surface area contributed by atoms with Crippen molar-refractivity contribution in [2.75, 3.05) is 0 Å². The van der Waals surface area contributed by atoms with E-state index in [1.54, 1.807) is 0 Å². The largest absolute Gasteiger partial charge is 0.269 e. The minimum absolute atomic E-state index is 0.0635. The van der Waals surface area contributed by atoms with Crippen molar-refractivity contribution in [3.05, 3.63) is 34.4 Å². The van der Waals surface area contributed by atoms with Crippen LogP contribution in [0.3, 0.4) is 0 Å². The Morgan fingerprint density at radius 2 is 1.79 bits per heavy atom. The maximum absolute atomic E-state index is 11.3. The fraction of sp³-hybridized carbons (Fsp3) is 0.143. The summed E-state index contributed by atoms with van der Waals surface area (Å²) in [6.45, 7) is 0. The van der Waals surface area contributed by atoms with Crippen molar-refractivity contribution in [1.82, 2.24) is 0 Å².